The molecule has 20 heavy (non-hydrogen) atoms. The van der Waals surface area contributed by atoms with E-state index in [0.29, 0.717) is 10.0 Å². The van der Waals surface area contributed by atoms with E-state index in [2.05, 4.69) is 21.2 Å². The molecule has 1 rings (SSSR count). The molecule has 112 valence electrons. The lowest BCUT2D eigenvalue weighted by Crippen LogP contribution is -2.40. The predicted molar refractivity (Wildman–Crippen MR) is 72.2 cm³/mol. The minimum Gasteiger partial charge on any atom is -0.480 e. The molecule has 0 spiro atoms. The Morgan fingerprint density at radius 1 is 1.35 bits per heavy atom. The van der Waals surface area contributed by atoms with Crippen LogP contribution in [0.25, 0.3) is 0 Å². The van der Waals surface area contributed by atoms with Gasteiger partial charge in [-0.2, -0.15) is 13.2 Å². The molecule has 0 aromatic heterocycles. The lowest BCUT2D eigenvalue weighted by atomic mass is 10.0. The molecule has 0 aliphatic carbocycles. The van der Waals surface area contributed by atoms with Crippen molar-refractivity contribution in [2.24, 2.45) is 5.92 Å². The molecule has 0 fully saturated rings. The molecule has 1 atom stereocenters. The van der Waals surface area contributed by atoms with Crippen molar-refractivity contribution in [1.29, 1.82) is 0 Å². The Kier molecular flexibility index (Phi) is 5.59. The maximum Gasteiger partial charge on any atom is 0.416 e. The number of aliphatic carboxylic acids is 1. The fraction of sp³-hybridized carbons (Fsp3) is 0.462. The first-order chi connectivity index (χ1) is 9.11. The van der Waals surface area contributed by atoms with Gasteiger partial charge in [-0.15, -0.1) is 0 Å². The molecule has 0 saturated carbocycles. The van der Waals surface area contributed by atoms with Crippen LogP contribution in [0, 0.1) is 5.92 Å². The summed E-state index contributed by atoms with van der Waals surface area (Å²) in [4.78, 5) is 11.0. The highest BCUT2D eigenvalue weighted by Gasteiger charge is 2.31. The first kappa shape index (κ1) is 17.0. The summed E-state index contributed by atoms with van der Waals surface area (Å²) in [5.74, 6) is -1.19. The highest BCUT2D eigenvalue weighted by molar-refractivity contribution is 9.10. The Balaban J connectivity index is 2.88. The van der Waals surface area contributed by atoms with Gasteiger partial charge in [0.15, 0.2) is 0 Å². The number of carbonyl (C=O) groups is 1. The van der Waals surface area contributed by atoms with Gasteiger partial charge in [-0.05, 0) is 29.7 Å². The van der Waals surface area contributed by atoms with E-state index in [1.807, 2.05) is 0 Å². The largest absolute Gasteiger partial charge is 0.480 e. The first-order valence-electron chi connectivity index (χ1n) is 5.94. The quantitative estimate of drug-likeness (QED) is 0.849. The van der Waals surface area contributed by atoms with Crippen LogP contribution in [0.4, 0.5) is 13.2 Å². The zero-order valence-electron chi connectivity index (χ0n) is 11.0. The van der Waals surface area contributed by atoms with Crippen molar-refractivity contribution in [3.63, 3.8) is 0 Å². The summed E-state index contributed by atoms with van der Waals surface area (Å²) in [6, 6.07) is 2.72. The van der Waals surface area contributed by atoms with Gasteiger partial charge in [0.2, 0.25) is 0 Å². The maximum atomic E-state index is 12.7. The molecule has 0 bridgehead atoms. The molecule has 0 heterocycles. The number of halogens is 4. The number of hydrogen-bond acceptors (Lipinski definition) is 2. The molecule has 0 amide bonds. The highest BCUT2D eigenvalue weighted by atomic mass is 79.9. The molecule has 0 radical (unpaired) electrons. The van der Waals surface area contributed by atoms with Gasteiger partial charge in [0.05, 0.1) is 5.56 Å². The number of carboxylic acids is 1. The van der Waals surface area contributed by atoms with E-state index in [-0.39, 0.29) is 12.5 Å². The molecule has 1 aromatic rings. The Labute approximate surface area is 123 Å². The van der Waals surface area contributed by atoms with Gasteiger partial charge in [0.25, 0.3) is 0 Å². The lowest BCUT2D eigenvalue weighted by Gasteiger charge is -2.18. The Bertz CT molecular complexity index is 489. The van der Waals surface area contributed by atoms with Crippen molar-refractivity contribution in [3.05, 3.63) is 33.8 Å². The topological polar surface area (TPSA) is 49.3 Å². The molecule has 2 N–H and O–H groups in total. The van der Waals surface area contributed by atoms with Crippen LogP contribution in [0.1, 0.15) is 25.0 Å². The van der Waals surface area contributed by atoms with Crippen LogP contribution in [0.3, 0.4) is 0 Å². The zero-order valence-corrected chi connectivity index (χ0v) is 12.5. The SMILES string of the molecule is CC(C)[C@H](NCc1cc(Br)cc(C(F)(F)F)c1)C(=O)O. The molecule has 1 aromatic carbocycles. The number of rotatable bonds is 5. The Morgan fingerprint density at radius 3 is 2.40 bits per heavy atom. The third-order valence-electron chi connectivity index (χ3n) is 2.74. The fourth-order valence-electron chi connectivity index (χ4n) is 1.75. The molecule has 0 aliphatic heterocycles. The van der Waals surface area contributed by atoms with Gasteiger partial charge in [-0.1, -0.05) is 29.8 Å². The number of alkyl halides is 3. The number of nitrogens with one attached hydrogen (secondary N) is 1. The Hall–Kier alpha value is -1.08. The van der Waals surface area contributed by atoms with Crippen molar-refractivity contribution in [2.75, 3.05) is 0 Å². The van der Waals surface area contributed by atoms with Gasteiger partial charge in [-0.3, -0.25) is 4.79 Å². The van der Waals surface area contributed by atoms with E-state index in [9.17, 15) is 18.0 Å². The van der Waals surface area contributed by atoms with Crippen LogP contribution in [0.5, 0.6) is 0 Å². The van der Waals surface area contributed by atoms with Crippen LogP contribution in [0.2, 0.25) is 0 Å². The summed E-state index contributed by atoms with van der Waals surface area (Å²) in [5, 5.41) is 11.8. The molecule has 0 saturated heterocycles. The molecule has 3 nitrogen and oxygen atoms in total. The van der Waals surface area contributed by atoms with Crippen molar-refractivity contribution < 1.29 is 23.1 Å². The van der Waals surface area contributed by atoms with E-state index in [1.165, 1.54) is 6.07 Å². The van der Waals surface area contributed by atoms with E-state index in [1.54, 1.807) is 13.8 Å². The van der Waals surface area contributed by atoms with Crippen LogP contribution >= 0.6 is 15.9 Å². The van der Waals surface area contributed by atoms with Gasteiger partial charge in [0, 0.05) is 11.0 Å². The average molecular weight is 354 g/mol. The first-order valence-corrected chi connectivity index (χ1v) is 6.73. The second-order valence-corrected chi connectivity index (χ2v) is 5.70. The summed E-state index contributed by atoms with van der Waals surface area (Å²) in [6.07, 6.45) is -4.43. The third kappa shape index (κ3) is 4.79. The van der Waals surface area contributed by atoms with E-state index in [4.69, 9.17) is 5.11 Å². The van der Waals surface area contributed by atoms with Gasteiger partial charge < -0.3 is 10.4 Å². The van der Waals surface area contributed by atoms with Crippen molar-refractivity contribution in [3.8, 4) is 0 Å². The monoisotopic (exact) mass is 353 g/mol. The summed E-state index contributed by atoms with van der Waals surface area (Å²) in [6.45, 7) is 3.51. The third-order valence-corrected chi connectivity index (χ3v) is 3.20. The fourth-order valence-corrected chi connectivity index (χ4v) is 2.29. The lowest BCUT2D eigenvalue weighted by molar-refractivity contribution is -0.141. The average Bonchev–Trinajstić information content (AvgIpc) is 2.26. The van der Waals surface area contributed by atoms with Crippen LogP contribution in [-0.2, 0) is 17.5 Å². The molecule has 0 unspecified atom stereocenters. The van der Waals surface area contributed by atoms with Crippen molar-refractivity contribution in [1.82, 2.24) is 5.32 Å². The maximum absolute atomic E-state index is 12.7. The minimum absolute atomic E-state index is 0.0532. The molecule has 0 aliphatic rings. The number of hydrogen-bond donors (Lipinski definition) is 2. The summed E-state index contributed by atoms with van der Waals surface area (Å²) in [5.41, 5.74) is -0.390. The summed E-state index contributed by atoms with van der Waals surface area (Å²) >= 11 is 3.03. The van der Waals surface area contributed by atoms with E-state index < -0.39 is 23.8 Å². The second-order valence-electron chi connectivity index (χ2n) is 4.79. The van der Waals surface area contributed by atoms with Gasteiger partial charge in [-0.25, -0.2) is 0 Å². The van der Waals surface area contributed by atoms with Gasteiger partial charge in [0.1, 0.15) is 6.04 Å². The number of benzene rings is 1. The minimum atomic E-state index is -4.43. The molecular weight excluding hydrogens is 339 g/mol. The van der Waals surface area contributed by atoms with E-state index >= 15 is 0 Å². The summed E-state index contributed by atoms with van der Waals surface area (Å²) < 4.78 is 38.3. The second kappa shape index (κ2) is 6.58. The number of carboxylic acid groups (broad SMARTS) is 1. The zero-order chi connectivity index (χ0) is 15.5. The van der Waals surface area contributed by atoms with Crippen molar-refractivity contribution >= 4 is 21.9 Å². The summed E-state index contributed by atoms with van der Waals surface area (Å²) in [7, 11) is 0. The van der Waals surface area contributed by atoms with E-state index in [0.717, 1.165) is 12.1 Å². The predicted octanol–water partition coefficient (Wildman–Crippen LogP) is 3.67. The normalized spacial score (nSPS) is 13.6. The smallest absolute Gasteiger partial charge is 0.416 e. The van der Waals surface area contributed by atoms with Crippen LogP contribution in [0.15, 0.2) is 22.7 Å². The van der Waals surface area contributed by atoms with Crippen LogP contribution in [-0.4, -0.2) is 17.1 Å². The molecular formula is C13H15BrF3NO2. The highest BCUT2D eigenvalue weighted by Crippen LogP contribution is 2.32. The van der Waals surface area contributed by atoms with Crippen LogP contribution < -0.4 is 5.32 Å². The molecule has 7 heteroatoms. The standard InChI is InChI=1S/C13H15BrF3NO2/c1-7(2)11(12(19)20)18-6-8-3-9(13(15,16)17)5-10(14)4-8/h3-5,7,11,18H,6H2,1-2H3,(H,19,20)/t11-/m0/s1. The van der Waals surface area contributed by atoms with Gasteiger partial charge >= 0.3 is 12.1 Å². The Morgan fingerprint density at radius 2 is 1.95 bits per heavy atom. The van der Waals surface area contributed by atoms with Crippen molar-refractivity contribution in [2.45, 2.75) is 32.6 Å².